The van der Waals surface area contributed by atoms with Gasteiger partial charge in [0.1, 0.15) is 18.5 Å². The van der Waals surface area contributed by atoms with E-state index in [-0.39, 0.29) is 47.9 Å². The Balaban J connectivity index is 0.00000529. The number of halogens is 2. The van der Waals surface area contributed by atoms with E-state index >= 15 is 4.39 Å². The zero-order chi connectivity index (χ0) is 31.9. The Morgan fingerprint density at radius 3 is 2.48 bits per heavy atom. The molecule has 3 atom stereocenters. The number of rotatable bonds is 10. The Morgan fingerprint density at radius 1 is 1.18 bits per heavy atom. The number of ketones is 1. The van der Waals surface area contributed by atoms with Gasteiger partial charge in [-0.15, -0.1) is 0 Å². The van der Waals surface area contributed by atoms with Crippen molar-refractivity contribution in [3.63, 3.8) is 0 Å². The molecule has 1 aromatic carbocycles. The van der Waals surface area contributed by atoms with Crippen LogP contribution in [0.4, 0.5) is 4.39 Å². The molecular weight excluding hydrogens is 591 g/mol. The standard InChI is InChI=1S/C32H41FN4O6.ClH/c1-18-29-26(15-32(3,4)16-27(29)39)36(35-18)22-12-21(30(31(34)41)25(33)13-22)10-20-8-9-23(11-20)43-28(40)14-24(42-19(2)38)17-37(5,6)7;/h8-9,12-13,20,23-24H,10-11,14-17H2,1-7H3,(H-,34,41);1H. The van der Waals surface area contributed by atoms with Crippen LogP contribution in [-0.2, 0) is 31.9 Å². The van der Waals surface area contributed by atoms with E-state index in [9.17, 15) is 19.2 Å². The third-order valence-electron chi connectivity index (χ3n) is 7.74. The fourth-order valence-electron chi connectivity index (χ4n) is 6.21. The van der Waals surface area contributed by atoms with E-state index in [1.807, 2.05) is 41.1 Å². The minimum atomic E-state index is -0.882. The summed E-state index contributed by atoms with van der Waals surface area (Å²) in [6, 6.07) is 2.93. The average molecular weight is 633 g/mol. The molecule has 0 saturated heterocycles. The highest BCUT2D eigenvalue weighted by Crippen LogP contribution is 2.37. The van der Waals surface area contributed by atoms with Crippen LogP contribution in [-0.4, -0.2) is 77.8 Å². The summed E-state index contributed by atoms with van der Waals surface area (Å²) in [5.41, 5.74) is 7.82. The fourth-order valence-corrected chi connectivity index (χ4v) is 6.21. The van der Waals surface area contributed by atoms with Crippen molar-refractivity contribution in [2.24, 2.45) is 17.1 Å². The Bertz CT molecular complexity index is 1490. The molecular formula is C32H42ClFN4O6. The van der Waals surface area contributed by atoms with Gasteiger partial charge in [0.15, 0.2) is 11.9 Å². The highest BCUT2D eigenvalue weighted by atomic mass is 35.5. The molecule has 2 aromatic rings. The molecule has 0 bridgehead atoms. The van der Waals surface area contributed by atoms with Crippen LogP contribution in [0.1, 0.15) is 77.7 Å². The first kappa shape index (κ1) is 34.9. The Hall–Kier alpha value is -3.57. The Morgan fingerprint density at radius 2 is 1.86 bits per heavy atom. The number of ether oxygens (including phenoxy) is 2. The molecule has 1 heterocycles. The van der Waals surface area contributed by atoms with E-state index in [2.05, 4.69) is 5.10 Å². The molecule has 4 rings (SSSR count). The van der Waals surface area contributed by atoms with Crippen molar-refractivity contribution in [2.75, 3.05) is 27.7 Å². The lowest BCUT2D eigenvalue weighted by atomic mass is 9.75. The minimum absolute atomic E-state index is 0. The number of allylic oxidation sites excluding steroid dienone is 1. The summed E-state index contributed by atoms with van der Waals surface area (Å²) >= 11 is 0. The summed E-state index contributed by atoms with van der Waals surface area (Å²) in [4.78, 5) is 49.5. The molecule has 0 fully saturated rings. The van der Waals surface area contributed by atoms with Crippen LogP contribution in [0.5, 0.6) is 0 Å². The van der Waals surface area contributed by atoms with Gasteiger partial charge in [-0.3, -0.25) is 19.2 Å². The van der Waals surface area contributed by atoms with Crippen LogP contribution in [0.3, 0.4) is 0 Å². The van der Waals surface area contributed by atoms with Crippen molar-refractivity contribution in [1.29, 1.82) is 0 Å². The molecule has 2 N–H and O–H groups in total. The minimum Gasteiger partial charge on any atom is -1.00 e. The Kier molecular flexibility index (Phi) is 10.5. The van der Waals surface area contributed by atoms with Crippen molar-refractivity contribution in [3.8, 4) is 5.69 Å². The number of Topliss-reactive ketones (excluding diaryl/α,β-unsaturated/α-hetero) is 1. The molecule has 12 heteroatoms. The normalized spacial score (nSPS) is 19.6. The number of likely N-dealkylation sites (N-methyl/N-ethyl adjacent to an activating group) is 1. The van der Waals surface area contributed by atoms with E-state index in [0.29, 0.717) is 52.8 Å². The average Bonchev–Trinajstić information content (AvgIpc) is 3.39. The first-order valence-corrected chi connectivity index (χ1v) is 14.5. The number of primary amides is 1. The second-order valence-corrected chi connectivity index (χ2v) is 13.6. The molecule has 0 aliphatic heterocycles. The monoisotopic (exact) mass is 632 g/mol. The van der Waals surface area contributed by atoms with Gasteiger partial charge in [0, 0.05) is 19.4 Å². The molecule has 2 aliphatic carbocycles. The van der Waals surface area contributed by atoms with Crippen molar-refractivity contribution < 1.29 is 49.9 Å². The molecule has 2 aliphatic rings. The van der Waals surface area contributed by atoms with Gasteiger partial charge in [-0.25, -0.2) is 9.07 Å². The molecule has 3 unspecified atom stereocenters. The lowest BCUT2D eigenvalue weighted by Gasteiger charge is -2.29. The maximum absolute atomic E-state index is 15.4. The van der Waals surface area contributed by atoms with Crippen molar-refractivity contribution in [3.05, 3.63) is 58.2 Å². The SMILES string of the molecule is CC(=O)OC(CC(=O)OC1C=CC(Cc2cc(-n3nc(C)c4c3CC(C)(C)CC4=O)cc(F)c2C(N)=O)C1)C[N+](C)(C)C.[Cl-]. The van der Waals surface area contributed by atoms with Gasteiger partial charge in [0.2, 0.25) is 0 Å². The number of quaternary nitrogens is 1. The molecule has 1 amide bonds. The van der Waals surface area contributed by atoms with E-state index in [0.717, 1.165) is 5.69 Å². The maximum atomic E-state index is 15.4. The largest absolute Gasteiger partial charge is 1.00 e. The van der Waals surface area contributed by atoms with Crippen molar-refractivity contribution in [2.45, 2.75) is 72.0 Å². The van der Waals surface area contributed by atoms with Gasteiger partial charge in [-0.1, -0.05) is 19.9 Å². The van der Waals surface area contributed by atoms with Gasteiger partial charge in [-0.2, -0.15) is 5.10 Å². The van der Waals surface area contributed by atoms with E-state index in [1.54, 1.807) is 23.7 Å². The third kappa shape index (κ3) is 8.32. The first-order valence-electron chi connectivity index (χ1n) is 14.5. The number of amides is 1. The van der Waals surface area contributed by atoms with Gasteiger partial charge >= 0.3 is 11.9 Å². The highest BCUT2D eigenvalue weighted by Gasteiger charge is 2.36. The molecule has 240 valence electrons. The number of nitrogens with zero attached hydrogens (tertiary/aromatic N) is 3. The summed E-state index contributed by atoms with van der Waals surface area (Å²) in [5.74, 6) is -2.74. The van der Waals surface area contributed by atoms with Crippen LogP contribution < -0.4 is 18.1 Å². The van der Waals surface area contributed by atoms with E-state index in [1.165, 1.54) is 13.0 Å². The van der Waals surface area contributed by atoms with E-state index < -0.39 is 35.9 Å². The predicted octanol–water partition coefficient (Wildman–Crippen LogP) is 0.636. The van der Waals surface area contributed by atoms with Gasteiger partial charge in [-0.05, 0) is 55.2 Å². The fraction of sp³-hybridized carbons (Fsp3) is 0.531. The lowest BCUT2D eigenvalue weighted by molar-refractivity contribution is -0.873. The molecule has 0 spiro atoms. The van der Waals surface area contributed by atoms with Crippen LogP contribution in [0.2, 0.25) is 0 Å². The van der Waals surface area contributed by atoms with E-state index in [4.69, 9.17) is 15.2 Å². The van der Waals surface area contributed by atoms with Crippen LogP contribution in [0.25, 0.3) is 5.69 Å². The number of nitrogens with two attached hydrogens (primary N) is 1. The smallest absolute Gasteiger partial charge is 0.310 e. The number of carbonyl (C=O) groups excluding carboxylic acids is 4. The number of hydrogen-bond donors (Lipinski definition) is 1. The summed E-state index contributed by atoms with van der Waals surface area (Å²) < 4.78 is 28.5. The molecule has 10 nitrogen and oxygen atoms in total. The van der Waals surface area contributed by atoms with Gasteiger partial charge < -0.3 is 32.1 Å². The molecule has 0 saturated carbocycles. The highest BCUT2D eigenvalue weighted by molar-refractivity contribution is 6.00. The number of benzene rings is 1. The maximum Gasteiger partial charge on any atom is 0.310 e. The second kappa shape index (κ2) is 13.2. The second-order valence-electron chi connectivity index (χ2n) is 13.6. The number of aryl methyl sites for hydroxylation is 1. The zero-order valence-electron chi connectivity index (χ0n) is 26.4. The summed E-state index contributed by atoms with van der Waals surface area (Å²) in [6.07, 6.45) is 4.16. The number of hydrogen-bond acceptors (Lipinski definition) is 7. The molecule has 1 aromatic heterocycles. The third-order valence-corrected chi connectivity index (χ3v) is 7.74. The zero-order valence-corrected chi connectivity index (χ0v) is 27.2. The number of aromatic nitrogens is 2. The molecule has 44 heavy (non-hydrogen) atoms. The van der Waals surface area contributed by atoms with Gasteiger partial charge in [0.05, 0.1) is 55.8 Å². The summed E-state index contributed by atoms with van der Waals surface area (Å²) in [5, 5.41) is 4.58. The number of fused-ring (bicyclic) bond motifs is 1. The Labute approximate surface area is 263 Å². The first-order chi connectivity index (χ1) is 19.9. The molecule has 0 radical (unpaired) electrons. The van der Waals surface area contributed by atoms with Crippen molar-refractivity contribution >= 4 is 23.6 Å². The van der Waals surface area contributed by atoms with Crippen LogP contribution in [0, 0.1) is 24.1 Å². The summed E-state index contributed by atoms with van der Waals surface area (Å²) in [6.45, 7) is 7.54. The lowest BCUT2D eigenvalue weighted by Crippen LogP contribution is -3.00. The van der Waals surface area contributed by atoms with Crippen LogP contribution >= 0.6 is 0 Å². The number of esters is 2. The summed E-state index contributed by atoms with van der Waals surface area (Å²) in [7, 11) is 5.81. The quantitative estimate of drug-likeness (QED) is 0.231. The number of carbonyl (C=O) groups is 4. The van der Waals surface area contributed by atoms with Gasteiger partial charge in [0.25, 0.3) is 5.91 Å². The van der Waals surface area contributed by atoms with Crippen LogP contribution in [0.15, 0.2) is 24.3 Å². The topological polar surface area (TPSA) is 131 Å². The predicted molar refractivity (Wildman–Crippen MR) is 157 cm³/mol. The van der Waals surface area contributed by atoms with Crippen molar-refractivity contribution in [1.82, 2.24) is 9.78 Å².